The summed E-state index contributed by atoms with van der Waals surface area (Å²) in [6.45, 7) is 3.46. The monoisotopic (exact) mass is 285 g/mol. The number of hydrogen-bond acceptors (Lipinski definition) is 4. The minimum Gasteiger partial charge on any atom is -0.477 e. The van der Waals surface area contributed by atoms with E-state index < -0.39 is 16.0 Å². The van der Waals surface area contributed by atoms with Gasteiger partial charge in [-0.1, -0.05) is 0 Å². The highest BCUT2D eigenvalue weighted by Crippen LogP contribution is 2.19. The lowest BCUT2D eigenvalue weighted by Gasteiger charge is -2.24. The van der Waals surface area contributed by atoms with Crippen LogP contribution in [0.1, 0.15) is 30.8 Å². The van der Waals surface area contributed by atoms with Crippen molar-refractivity contribution in [1.82, 2.24) is 9.29 Å². The van der Waals surface area contributed by atoms with E-state index in [1.54, 1.807) is 13.8 Å². The molecule has 0 aliphatic carbocycles. The molecule has 1 aromatic rings. The fraction of sp³-hybridized carbons (Fsp3) is 0.455. The number of sulfonamides is 1. The summed E-state index contributed by atoms with van der Waals surface area (Å²) in [4.78, 5) is 13.0. The molecule has 0 bridgehead atoms. The second-order valence-electron chi connectivity index (χ2n) is 4.17. The van der Waals surface area contributed by atoms with Crippen LogP contribution in [-0.4, -0.2) is 41.4 Å². The molecule has 0 saturated carbocycles. The number of carboxylic acids is 1. The third-order valence-electron chi connectivity index (χ3n) is 2.51. The Labute approximate surface area is 111 Å². The minimum absolute atomic E-state index is 0.0735. The van der Waals surface area contributed by atoms with Crippen molar-refractivity contribution >= 4 is 16.0 Å². The molecule has 0 radical (unpaired) electrons. The first-order valence-electron chi connectivity index (χ1n) is 5.61. The predicted octanol–water partition coefficient (Wildman–Crippen LogP) is 1.03. The van der Waals surface area contributed by atoms with Crippen molar-refractivity contribution in [3.63, 3.8) is 0 Å². The number of nitriles is 1. The Bertz CT molecular complexity index is 598. The standard InChI is InChI=1S/C11H15N3O4S/c1-8(2)14(5-3-4-12)19(17,18)9-6-10(11(15)16)13-7-9/h6-8,13H,3,5H2,1-2H3,(H,15,16). The molecular weight excluding hydrogens is 270 g/mol. The maximum absolute atomic E-state index is 12.3. The van der Waals surface area contributed by atoms with Crippen LogP contribution in [0, 0.1) is 11.3 Å². The molecule has 0 aliphatic heterocycles. The molecule has 1 heterocycles. The number of carboxylic acid groups (broad SMARTS) is 1. The van der Waals surface area contributed by atoms with E-state index in [0.717, 1.165) is 12.3 Å². The van der Waals surface area contributed by atoms with E-state index >= 15 is 0 Å². The lowest BCUT2D eigenvalue weighted by molar-refractivity contribution is 0.0691. The van der Waals surface area contributed by atoms with E-state index in [2.05, 4.69) is 4.98 Å². The number of rotatable bonds is 6. The molecular formula is C11H15N3O4S. The summed E-state index contributed by atoms with van der Waals surface area (Å²) in [7, 11) is -3.80. The molecule has 0 fully saturated rings. The lowest BCUT2D eigenvalue weighted by atomic mass is 10.3. The molecule has 0 atom stereocenters. The fourth-order valence-corrected chi connectivity index (χ4v) is 3.23. The van der Waals surface area contributed by atoms with Gasteiger partial charge in [-0.05, 0) is 19.9 Å². The van der Waals surface area contributed by atoms with Crippen molar-refractivity contribution in [2.75, 3.05) is 6.54 Å². The van der Waals surface area contributed by atoms with E-state index in [1.165, 1.54) is 4.31 Å². The summed E-state index contributed by atoms with van der Waals surface area (Å²) in [5.41, 5.74) is -0.192. The number of nitrogens with one attached hydrogen (secondary N) is 1. The summed E-state index contributed by atoms with van der Waals surface area (Å²) < 4.78 is 25.8. The zero-order chi connectivity index (χ0) is 14.6. The van der Waals surface area contributed by atoms with Crippen LogP contribution in [0.4, 0.5) is 0 Å². The zero-order valence-electron chi connectivity index (χ0n) is 10.6. The number of H-pyrrole nitrogens is 1. The van der Waals surface area contributed by atoms with E-state index in [9.17, 15) is 13.2 Å². The lowest BCUT2D eigenvalue weighted by Crippen LogP contribution is -2.37. The fourth-order valence-electron chi connectivity index (χ4n) is 1.60. The van der Waals surface area contributed by atoms with Crippen molar-refractivity contribution in [2.45, 2.75) is 31.2 Å². The van der Waals surface area contributed by atoms with E-state index in [-0.39, 0.29) is 29.6 Å². The van der Waals surface area contributed by atoms with Gasteiger partial charge in [0, 0.05) is 25.2 Å². The largest absolute Gasteiger partial charge is 0.477 e. The second-order valence-corrected chi connectivity index (χ2v) is 6.06. The van der Waals surface area contributed by atoms with Crippen LogP contribution >= 0.6 is 0 Å². The molecule has 0 saturated heterocycles. The number of carbonyl (C=O) groups is 1. The highest BCUT2D eigenvalue weighted by atomic mass is 32.2. The molecule has 2 N–H and O–H groups in total. The Morgan fingerprint density at radius 1 is 1.58 bits per heavy atom. The van der Waals surface area contributed by atoms with Gasteiger partial charge in [-0.3, -0.25) is 0 Å². The van der Waals surface area contributed by atoms with Gasteiger partial charge < -0.3 is 10.1 Å². The maximum Gasteiger partial charge on any atom is 0.352 e. The first kappa shape index (κ1) is 15.2. The SMILES string of the molecule is CC(C)N(CCC#N)S(=O)(=O)c1c[nH]c(C(=O)O)c1. The molecule has 8 heteroatoms. The topological polar surface area (TPSA) is 114 Å². The van der Waals surface area contributed by atoms with Crippen LogP contribution < -0.4 is 0 Å². The van der Waals surface area contributed by atoms with Crippen LogP contribution in [0.3, 0.4) is 0 Å². The van der Waals surface area contributed by atoms with Crippen molar-refractivity contribution in [3.8, 4) is 6.07 Å². The Kier molecular flexibility index (Phi) is 4.69. The first-order valence-corrected chi connectivity index (χ1v) is 7.05. The summed E-state index contributed by atoms with van der Waals surface area (Å²) in [6, 6.07) is 2.64. The van der Waals surface area contributed by atoms with Crippen LogP contribution in [0.25, 0.3) is 0 Å². The normalized spacial score (nSPS) is 11.7. The third kappa shape index (κ3) is 3.33. The first-order chi connectivity index (χ1) is 8.80. The predicted molar refractivity (Wildman–Crippen MR) is 67.0 cm³/mol. The van der Waals surface area contributed by atoms with Gasteiger partial charge in [-0.2, -0.15) is 9.57 Å². The number of aromatic nitrogens is 1. The zero-order valence-corrected chi connectivity index (χ0v) is 11.4. The molecule has 19 heavy (non-hydrogen) atoms. The van der Waals surface area contributed by atoms with E-state index in [4.69, 9.17) is 10.4 Å². The smallest absolute Gasteiger partial charge is 0.352 e. The summed E-state index contributed by atoms with van der Waals surface area (Å²) >= 11 is 0. The molecule has 0 aliphatic rings. The Morgan fingerprint density at radius 2 is 2.21 bits per heavy atom. The number of hydrogen-bond donors (Lipinski definition) is 2. The highest BCUT2D eigenvalue weighted by Gasteiger charge is 2.28. The number of aromatic carboxylic acids is 1. The number of aromatic amines is 1. The third-order valence-corrected chi connectivity index (χ3v) is 4.57. The van der Waals surface area contributed by atoms with Crippen molar-refractivity contribution in [2.24, 2.45) is 0 Å². The number of nitrogens with zero attached hydrogens (tertiary/aromatic N) is 2. The van der Waals surface area contributed by atoms with Crippen molar-refractivity contribution in [1.29, 1.82) is 5.26 Å². The van der Waals surface area contributed by atoms with E-state index in [0.29, 0.717) is 0 Å². The molecule has 1 rings (SSSR count). The molecule has 7 nitrogen and oxygen atoms in total. The van der Waals surface area contributed by atoms with Crippen molar-refractivity contribution in [3.05, 3.63) is 18.0 Å². The van der Waals surface area contributed by atoms with Crippen molar-refractivity contribution < 1.29 is 18.3 Å². The van der Waals surface area contributed by atoms with Gasteiger partial charge in [-0.25, -0.2) is 13.2 Å². The van der Waals surface area contributed by atoms with Crippen LogP contribution in [0.15, 0.2) is 17.2 Å². The Morgan fingerprint density at radius 3 is 2.63 bits per heavy atom. The maximum atomic E-state index is 12.3. The molecule has 0 aromatic carbocycles. The summed E-state index contributed by atoms with van der Waals surface area (Å²) in [5.74, 6) is -1.23. The Hall–Kier alpha value is -1.85. The second kappa shape index (κ2) is 5.86. The Balaban J connectivity index is 3.12. The van der Waals surface area contributed by atoms with Gasteiger partial charge in [0.2, 0.25) is 10.0 Å². The average Bonchev–Trinajstić information content (AvgIpc) is 2.78. The van der Waals surface area contributed by atoms with Gasteiger partial charge >= 0.3 is 5.97 Å². The van der Waals surface area contributed by atoms with Crippen LogP contribution in [0.5, 0.6) is 0 Å². The van der Waals surface area contributed by atoms with Crippen LogP contribution in [0.2, 0.25) is 0 Å². The van der Waals surface area contributed by atoms with Gasteiger partial charge in [-0.15, -0.1) is 0 Å². The van der Waals surface area contributed by atoms with Crippen LogP contribution in [-0.2, 0) is 10.0 Å². The molecule has 0 amide bonds. The molecule has 0 unspecified atom stereocenters. The van der Waals surface area contributed by atoms with Gasteiger partial charge in [0.1, 0.15) is 10.6 Å². The van der Waals surface area contributed by atoms with Gasteiger partial charge in [0.25, 0.3) is 0 Å². The summed E-state index contributed by atoms with van der Waals surface area (Å²) in [5, 5.41) is 17.3. The molecule has 0 spiro atoms. The molecule has 104 valence electrons. The summed E-state index contributed by atoms with van der Waals surface area (Å²) in [6.07, 6.45) is 1.22. The highest BCUT2D eigenvalue weighted by molar-refractivity contribution is 7.89. The molecule has 1 aromatic heterocycles. The van der Waals surface area contributed by atoms with Gasteiger partial charge in [0.05, 0.1) is 6.07 Å². The average molecular weight is 285 g/mol. The van der Waals surface area contributed by atoms with E-state index in [1.807, 2.05) is 6.07 Å². The quantitative estimate of drug-likeness (QED) is 0.810. The van der Waals surface area contributed by atoms with Gasteiger partial charge in [0.15, 0.2) is 0 Å². The minimum atomic E-state index is -3.80.